The maximum Gasteiger partial charge on any atom is 0.256 e. The molecule has 0 aliphatic carbocycles. The van der Waals surface area contributed by atoms with Crippen molar-refractivity contribution in [2.75, 3.05) is 18.5 Å². The van der Waals surface area contributed by atoms with E-state index in [2.05, 4.69) is 17.2 Å². The number of carbonyl (C=O) groups is 1. The molecule has 2 aliphatic rings. The highest BCUT2D eigenvalue weighted by Gasteiger charge is 2.67. The third-order valence-corrected chi connectivity index (χ3v) is 6.31. The number of ether oxygens (including phenoxy) is 2. The van der Waals surface area contributed by atoms with Crippen molar-refractivity contribution in [3.8, 4) is 11.5 Å². The van der Waals surface area contributed by atoms with E-state index in [1.54, 1.807) is 42.5 Å². The van der Waals surface area contributed by atoms with Crippen LogP contribution in [0.15, 0.2) is 49.1 Å². The first-order valence-corrected chi connectivity index (χ1v) is 10.7. The Morgan fingerprint density at radius 1 is 1.31 bits per heavy atom. The average Bonchev–Trinajstić information content (AvgIpc) is 3.22. The number of halogens is 1. The minimum Gasteiger partial charge on any atom is -0.490 e. The lowest BCUT2D eigenvalue weighted by molar-refractivity contribution is -0.532. The number of nitrogens with one attached hydrogen (secondary N) is 2. The smallest absolute Gasteiger partial charge is 0.256 e. The summed E-state index contributed by atoms with van der Waals surface area (Å²) in [6.45, 7) is 7.89. The summed E-state index contributed by atoms with van der Waals surface area (Å²) in [6.07, 6.45) is 1.59. The van der Waals surface area contributed by atoms with Crippen molar-refractivity contribution in [2.45, 2.75) is 37.4 Å². The van der Waals surface area contributed by atoms with E-state index in [-0.39, 0.29) is 16.6 Å². The largest absolute Gasteiger partial charge is 0.490 e. The van der Waals surface area contributed by atoms with Crippen LogP contribution in [0.25, 0.3) is 0 Å². The Labute approximate surface area is 190 Å². The number of rotatable bonds is 7. The molecule has 1 amide bonds. The van der Waals surface area contributed by atoms with E-state index in [9.17, 15) is 14.9 Å². The molecule has 8 nitrogen and oxygen atoms in total. The number of para-hydroxylation sites is 1. The predicted octanol–water partition coefficient (Wildman–Crippen LogP) is 3.87. The number of hydrogen-bond donors (Lipinski definition) is 2. The van der Waals surface area contributed by atoms with E-state index in [1.807, 2.05) is 13.8 Å². The van der Waals surface area contributed by atoms with Gasteiger partial charge in [0.2, 0.25) is 0 Å². The topological polar surface area (TPSA) is 103 Å². The van der Waals surface area contributed by atoms with Crippen LogP contribution in [0.2, 0.25) is 5.02 Å². The summed E-state index contributed by atoms with van der Waals surface area (Å²) in [5.41, 5.74) is 0.259. The summed E-state index contributed by atoms with van der Waals surface area (Å²) >= 11 is 6.51. The highest BCUT2D eigenvalue weighted by molar-refractivity contribution is 6.32. The van der Waals surface area contributed by atoms with Crippen molar-refractivity contribution in [3.05, 3.63) is 75.3 Å². The van der Waals surface area contributed by atoms with Crippen LogP contribution in [0.1, 0.15) is 30.9 Å². The van der Waals surface area contributed by atoms with Crippen molar-refractivity contribution in [2.24, 2.45) is 0 Å². The number of amides is 1. The van der Waals surface area contributed by atoms with Gasteiger partial charge in [-0.3, -0.25) is 20.2 Å². The van der Waals surface area contributed by atoms with E-state index < -0.39 is 29.4 Å². The van der Waals surface area contributed by atoms with Crippen molar-refractivity contribution in [1.29, 1.82) is 0 Å². The molecule has 2 N–H and O–H groups in total. The van der Waals surface area contributed by atoms with Gasteiger partial charge in [0, 0.05) is 22.2 Å². The van der Waals surface area contributed by atoms with Gasteiger partial charge in [-0.25, -0.2) is 0 Å². The average molecular weight is 458 g/mol. The normalized spacial score (nSPS) is 26.0. The first-order chi connectivity index (χ1) is 15.3. The molecule has 0 saturated carbocycles. The minimum atomic E-state index is -1.49. The second-order valence-corrected chi connectivity index (χ2v) is 8.27. The highest BCUT2D eigenvalue weighted by Crippen LogP contribution is 2.51. The van der Waals surface area contributed by atoms with Gasteiger partial charge in [-0.2, -0.15) is 0 Å². The van der Waals surface area contributed by atoms with Crippen molar-refractivity contribution >= 4 is 23.2 Å². The number of carbonyl (C=O) groups excluding carboxylic acids is 1. The Hall–Kier alpha value is -3.10. The zero-order valence-electron chi connectivity index (χ0n) is 17.8. The lowest BCUT2D eigenvalue weighted by Crippen LogP contribution is -2.54. The van der Waals surface area contributed by atoms with Crippen LogP contribution in [-0.4, -0.2) is 36.1 Å². The second-order valence-electron chi connectivity index (χ2n) is 7.86. The van der Waals surface area contributed by atoms with Crippen LogP contribution in [0, 0.1) is 10.1 Å². The number of fused-ring (bicyclic) bond motifs is 2. The molecule has 4 atom stereocenters. The fourth-order valence-electron chi connectivity index (χ4n) is 4.88. The maximum atomic E-state index is 13.1. The Kier molecular flexibility index (Phi) is 5.83. The van der Waals surface area contributed by atoms with Gasteiger partial charge in [0.1, 0.15) is 6.61 Å². The first kappa shape index (κ1) is 22.1. The Morgan fingerprint density at radius 3 is 2.75 bits per heavy atom. The number of nitro groups is 1. The quantitative estimate of drug-likeness (QED) is 0.371. The molecular weight excluding hydrogens is 434 g/mol. The van der Waals surface area contributed by atoms with Crippen molar-refractivity contribution in [3.63, 3.8) is 0 Å². The number of nitrogens with zero attached hydrogens (tertiary/aromatic N) is 1. The molecule has 1 saturated heterocycles. The van der Waals surface area contributed by atoms with Crippen LogP contribution in [-0.2, 0) is 10.3 Å². The van der Waals surface area contributed by atoms with Gasteiger partial charge in [-0.05, 0) is 37.6 Å². The molecule has 2 aromatic rings. The number of hydrogen-bond acceptors (Lipinski definition) is 6. The second kappa shape index (κ2) is 8.44. The molecule has 0 aromatic heterocycles. The van der Waals surface area contributed by atoms with Gasteiger partial charge in [-0.15, -0.1) is 0 Å². The van der Waals surface area contributed by atoms with Gasteiger partial charge in [0.15, 0.2) is 17.0 Å². The van der Waals surface area contributed by atoms with E-state index >= 15 is 0 Å². The molecule has 2 heterocycles. The highest BCUT2D eigenvalue weighted by atomic mass is 35.5. The first-order valence-electron chi connectivity index (χ1n) is 10.4. The summed E-state index contributed by atoms with van der Waals surface area (Å²) in [5, 5.41) is 18.8. The SMILES string of the molecule is C=CCOc1c(Cl)cc([C@@H]2[C@H](C)N[C@]3(C(=O)Nc4ccccc43)[C@H]2[N+](=O)[O-])cc1OCC. The van der Waals surface area contributed by atoms with Crippen LogP contribution in [0.5, 0.6) is 11.5 Å². The molecule has 0 radical (unpaired) electrons. The van der Waals surface area contributed by atoms with E-state index in [4.69, 9.17) is 21.1 Å². The molecule has 0 unspecified atom stereocenters. The van der Waals surface area contributed by atoms with E-state index in [1.165, 1.54) is 0 Å². The van der Waals surface area contributed by atoms with Crippen LogP contribution >= 0.6 is 11.6 Å². The molecule has 9 heteroatoms. The summed E-state index contributed by atoms with van der Waals surface area (Å²) in [5.74, 6) is -0.334. The van der Waals surface area contributed by atoms with Crippen LogP contribution in [0.4, 0.5) is 5.69 Å². The molecule has 2 aromatic carbocycles. The molecule has 1 spiro atoms. The number of benzene rings is 2. The van der Waals surface area contributed by atoms with Crippen molar-refractivity contribution < 1.29 is 19.2 Å². The van der Waals surface area contributed by atoms with Gasteiger partial charge in [-0.1, -0.05) is 42.5 Å². The fourth-order valence-corrected chi connectivity index (χ4v) is 5.15. The zero-order chi connectivity index (χ0) is 23.0. The Morgan fingerprint density at radius 2 is 2.06 bits per heavy atom. The van der Waals surface area contributed by atoms with Gasteiger partial charge in [0.05, 0.1) is 17.5 Å². The summed E-state index contributed by atoms with van der Waals surface area (Å²) < 4.78 is 11.4. The van der Waals surface area contributed by atoms with E-state index in [0.29, 0.717) is 34.9 Å². The molecule has 32 heavy (non-hydrogen) atoms. The summed E-state index contributed by atoms with van der Waals surface area (Å²) in [6, 6.07) is 8.76. The summed E-state index contributed by atoms with van der Waals surface area (Å²) in [4.78, 5) is 25.2. The van der Waals surface area contributed by atoms with E-state index in [0.717, 1.165) is 0 Å². The number of anilines is 1. The minimum absolute atomic E-state index is 0.234. The lowest BCUT2D eigenvalue weighted by atomic mass is 9.78. The van der Waals surface area contributed by atoms with Gasteiger partial charge >= 0.3 is 0 Å². The molecule has 0 bridgehead atoms. The third kappa shape index (κ3) is 3.30. The Bertz CT molecular complexity index is 1090. The molecule has 1 fully saturated rings. The monoisotopic (exact) mass is 457 g/mol. The van der Waals surface area contributed by atoms with Crippen LogP contribution < -0.4 is 20.1 Å². The van der Waals surface area contributed by atoms with Gasteiger partial charge < -0.3 is 14.8 Å². The molecule has 2 aliphatic heterocycles. The Balaban J connectivity index is 1.85. The van der Waals surface area contributed by atoms with Crippen molar-refractivity contribution in [1.82, 2.24) is 5.32 Å². The standard InChI is InChI=1S/C23H24ClN3O5/c1-4-10-32-20-16(24)11-14(12-18(20)31-5-2)19-13(3)26-23(21(19)27(29)30)15-8-6-7-9-17(15)25-22(23)28/h4,6-9,11-13,19,21,26H,1,5,10H2,2-3H3,(H,25,28)/t13-,19-,21-,23-/m0/s1. The zero-order valence-corrected chi connectivity index (χ0v) is 18.5. The molecule has 168 valence electrons. The maximum absolute atomic E-state index is 13.1. The summed E-state index contributed by atoms with van der Waals surface area (Å²) in [7, 11) is 0. The fraction of sp³-hybridized carbons (Fsp3) is 0.348. The van der Waals surface area contributed by atoms with Crippen LogP contribution in [0.3, 0.4) is 0 Å². The molecular formula is C23H24ClN3O5. The third-order valence-electron chi connectivity index (χ3n) is 6.03. The lowest BCUT2D eigenvalue weighted by Gasteiger charge is -2.25. The predicted molar refractivity (Wildman–Crippen MR) is 121 cm³/mol. The molecule has 4 rings (SSSR count). The van der Waals surface area contributed by atoms with Gasteiger partial charge in [0.25, 0.3) is 11.9 Å².